The number of aliphatic hydroxyl groups excluding tert-OH is 1. The number of piperidine rings is 1. The number of rotatable bonds is 9. The number of likely N-dealkylation sites (tertiary alicyclic amines) is 1. The number of likely N-dealkylation sites (N-methyl/N-ethyl adjacent to an activating group) is 1. The van der Waals surface area contributed by atoms with Gasteiger partial charge in [-0.25, -0.2) is 4.79 Å². The van der Waals surface area contributed by atoms with E-state index in [1.165, 1.54) is 7.11 Å². The van der Waals surface area contributed by atoms with E-state index in [2.05, 4.69) is 4.90 Å². The van der Waals surface area contributed by atoms with Gasteiger partial charge in [-0.05, 0) is 51.1 Å². The van der Waals surface area contributed by atoms with E-state index in [1.54, 1.807) is 6.08 Å². The van der Waals surface area contributed by atoms with E-state index in [-0.39, 0.29) is 18.2 Å². The molecule has 2 aliphatic heterocycles. The predicted molar refractivity (Wildman–Crippen MR) is 131 cm³/mol. The molecule has 1 saturated heterocycles. The van der Waals surface area contributed by atoms with E-state index in [4.69, 9.17) is 24.1 Å². The van der Waals surface area contributed by atoms with Crippen molar-refractivity contribution in [2.75, 3.05) is 20.7 Å². The van der Waals surface area contributed by atoms with Gasteiger partial charge in [-0.1, -0.05) is 6.07 Å². The molecule has 4 aliphatic rings. The van der Waals surface area contributed by atoms with Gasteiger partial charge in [0.15, 0.2) is 35.6 Å². The van der Waals surface area contributed by atoms with E-state index < -0.39 is 65.9 Å². The van der Waals surface area contributed by atoms with Crippen LogP contribution in [0.25, 0.3) is 0 Å². The second-order valence-electron chi connectivity index (χ2n) is 10.6. The maximum Gasteiger partial charge on any atom is 0.340 e. The normalized spacial score (nSPS) is 29.7. The fourth-order valence-electron chi connectivity index (χ4n) is 6.65. The van der Waals surface area contributed by atoms with E-state index in [1.807, 2.05) is 19.2 Å². The Hall–Kier alpha value is -3.48. The van der Waals surface area contributed by atoms with Crippen molar-refractivity contribution in [1.29, 1.82) is 0 Å². The molecule has 39 heavy (non-hydrogen) atoms. The number of carbonyl (C=O) groups is 4. The summed E-state index contributed by atoms with van der Waals surface area (Å²) in [6, 6.07) is 3.58. The first kappa shape index (κ1) is 27.1. The van der Waals surface area contributed by atoms with Gasteiger partial charge < -0.3 is 39.2 Å². The molecule has 2 bridgehead atoms. The average Bonchev–Trinajstić information content (AvgIpc) is 3.22. The molecule has 1 spiro atoms. The molecule has 5 rings (SSSR count). The Kier molecular flexibility index (Phi) is 6.68. The van der Waals surface area contributed by atoms with Crippen molar-refractivity contribution in [3.63, 3.8) is 0 Å². The average molecular weight is 546 g/mol. The number of aliphatic hydroxyl groups is 2. The van der Waals surface area contributed by atoms with Crippen LogP contribution in [0.3, 0.4) is 0 Å². The van der Waals surface area contributed by atoms with Gasteiger partial charge in [0.05, 0.1) is 31.0 Å². The Labute approximate surface area is 224 Å². The Morgan fingerprint density at radius 2 is 1.97 bits per heavy atom. The number of esters is 2. The van der Waals surface area contributed by atoms with Gasteiger partial charge in [0.2, 0.25) is 0 Å². The molecule has 6 atom stereocenters. The van der Waals surface area contributed by atoms with Crippen LogP contribution in [0.4, 0.5) is 0 Å². The van der Waals surface area contributed by atoms with Crippen LogP contribution < -0.4 is 9.47 Å². The molecule has 0 radical (unpaired) electrons. The molecule has 0 unspecified atom stereocenters. The SMILES string of the molecule is COc1ccc2c3c1O[C@H]1C(OC(=O)[C@@H](O)CC(=O)O[C@H](CC(=O)O)C(C)=O)=CC[C@@]4(O)[C@@H](C2)N(C)CC[C@]314. The van der Waals surface area contributed by atoms with Gasteiger partial charge in [0.25, 0.3) is 0 Å². The lowest BCUT2D eigenvalue weighted by Crippen LogP contribution is -2.74. The van der Waals surface area contributed by atoms with Crippen molar-refractivity contribution in [3.8, 4) is 11.5 Å². The number of hydrogen-bond donors (Lipinski definition) is 3. The van der Waals surface area contributed by atoms with Gasteiger partial charge in [-0.3, -0.25) is 14.4 Å². The molecule has 12 nitrogen and oxygen atoms in total. The number of nitrogens with zero attached hydrogens (tertiary/aromatic N) is 1. The van der Waals surface area contributed by atoms with Crippen LogP contribution >= 0.6 is 0 Å². The molecule has 0 saturated carbocycles. The summed E-state index contributed by atoms with van der Waals surface area (Å²) in [5.74, 6) is -3.21. The summed E-state index contributed by atoms with van der Waals surface area (Å²) in [6.45, 7) is 1.74. The van der Waals surface area contributed by atoms with E-state index in [0.29, 0.717) is 30.9 Å². The molecule has 2 aliphatic carbocycles. The van der Waals surface area contributed by atoms with Crippen molar-refractivity contribution in [2.45, 2.75) is 74.4 Å². The molecular weight excluding hydrogens is 514 g/mol. The standard InChI is InChI=1S/C27H31NO11/c1-13(29)18(12-20(31)32)37-21(33)11-15(30)25(34)38-17-6-7-27(35)19-10-14-4-5-16(36-3)23-22(14)26(27,24(17)39-23)8-9-28(19)2/h4-6,15,18-19,24,30,35H,7-12H2,1-3H3,(H,31,32)/t15-,18+,19+,24-,26-,27+/m0/s1. The minimum absolute atomic E-state index is 0.110. The minimum atomic E-state index is -1.94. The first-order valence-electron chi connectivity index (χ1n) is 12.7. The number of aliphatic carboxylic acids is 1. The topological polar surface area (TPSA) is 169 Å². The van der Waals surface area contributed by atoms with Crippen molar-refractivity contribution in [3.05, 3.63) is 35.1 Å². The van der Waals surface area contributed by atoms with E-state index in [9.17, 15) is 29.4 Å². The lowest BCUT2D eigenvalue weighted by molar-refractivity contribution is -0.174. The monoisotopic (exact) mass is 545 g/mol. The highest BCUT2D eigenvalue weighted by Gasteiger charge is 2.72. The molecule has 12 heteroatoms. The van der Waals surface area contributed by atoms with Crippen molar-refractivity contribution in [1.82, 2.24) is 4.90 Å². The molecule has 3 N–H and O–H groups in total. The number of Topliss-reactive ketones (excluding diaryl/α,β-unsaturated/α-hetero) is 1. The fourth-order valence-corrected chi connectivity index (χ4v) is 6.65. The van der Waals surface area contributed by atoms with Gasteiger partial charge in [0.1, 0.15) is 5.76 Å². The number of benzene rings is 1. The second-order valence-corrected chi connectivity index (χ2v) is 10.6. The van der Waals surface area contributed by atoms with Gasteiger partial charge in [-0.2, -0.15) is 0 Å². The number of carbonyl (C=O) groups excluding carboxylic acids is 3. The van der Waals surface area contributed by atoms with Gasteiger partial charge in [-0.15, -0.1) is 0 Å². The summed E-state index contributed by atoms with van der Waals surface area (Å²) < 4.78 is 22.3. The summed E-state index contributed by atoms with van der Waals surface area (Å²) >= 11 is 0. The first-order valence-corrected chi connectivity index (χ1v) is 12.7. The van der Waals surface area contributed by atoms with Crippen LogP contribution in [0.1, 0.15) is 43.7 Å². The highest BCUT2D eigenvalue weighted by Crippen LogP contribution is 2.65. The van der Waals surface area contributed by atoms with Gasteiger partial charge >= 0.3 is 17.9 Å². The molecule has 1 aromatic rings. The first-order chi connectivity index (χ1) is 18.4. The lowest BCUT2D eigenvalue weighted by Gasteiger charge is -2.61. The molecule has 210 valence electrons. The Morgan fingerprint density at radius 3 is 2.64 bits per heavy atom. The Bertz CT molecular complexity index is 1270. The fraction of sp³-hybridized carbons (Fsp3) is 0.556. The summed E-state index contributed by atoms with van der Waals surface area (Å²) in [4.78, 5) is 49.7. The number of carboxylic acids is 1. The second kappa shape index (κ2) is 9.61. The number of ketones is 1. The van der Waals surface area contributed by atoms with Crippen LogP contribution in [0.2, 0.25) is 0 Å². The maximum absolute atomic E-state index is 12.9. The number of hydrogen-bond acceptors (Lipinski definition) is 11. The molecular formula is C27H31NO11. The zero-order valence-corrected chi connectivity index (χ0v) is 21.8. The van der Waals surface area contributed by atoms with Crippen LogP contribution in [0, 0.1) is 0 Å². The van der Waals surface area contributed by atoms with Crippen molar-refractivity contribution >= 4 is 23.7 Å². The largest absolute Gasteiger partial charge is 0.493 e. The summed E-state index contributed by atoms with van der Waals surface area (Å²) in [7, 11) is 3.49. The summed E-state index contributed by atoms with van der Waals surface area (Å²) in [5, 5.41) is 31.5. The van der Waals surface area contributed by atoms with Crippen molar-refractivity contribution < 1.29 is 53.4 Å². The highest BCUT2D eigenvalue weighted by atomic mass is 16.6. The highest BCUT2D eigenvalue weighted by molar-refractivity contribution is 5.88. The van der Waals surface area contributed by atoms with Crippen LogP contribution in [0.15, 0.2) is 24.0 Å². The lowest BCUT2D eigenvalue weighted by atomic mass is 9.50. The summed E-state index contributed by atoms with van der Waals surface area (Å²) in [6.07, 6.45) is -3.04. The van der Waals surface area contributed by atoms with Crippen LogP contribution in [0.5, 0.6) is 11.5 Å². The zero-order valence-electron chi connectivity index (χ0n) is 21.8. The van der Waals surface area contributed by atoms with Crippen LogP contribution in [-0.2, 0) is 40.5 Å². The number of methoxy groups -OCH3 is 1. The Balaban J connectivity index is 1.38. The molecule has 1 aromatic carbocycles. The van der Waals surface area contributed by atoms with Crippen molar-refractivity contribution in [2.24, 2.45) is 0 Å². The molecule has 0 amide bonds. The molecule has 0 aromatic heterocycles. The summed E-state index contributed by atoms with van der Waals surface area (Å²) in [5.41, 5.74) is -0.259. The quantitative estimate of drug-likeness (QED) is 0.362. The van der Waals surface area contributed by atoms with Gasteiger partial charge in [0, 0.05) is 18.0 Å². The molecule has 1 fully saturated rings. The maximum atomic E-state index is 12.9. The predicted octanol–water partition coefficient (Wildman–Crippen LogP) is 0.243. The third-order valence-electron chi connectivity index (χ3n) is 8.50. The van der Waals surface area contributed by atoms with E-state index in [0.717, 1.165) is 18.1 Å². The van der Waals surface area contributed by atoms with E-state index >= 15 is 0 Å². The Morgan fingerprint density at radius 1 is 1.23 bits per heavy atom. The molecule has 2 heterocycles. The minimum Gasteiger partial charge on any atom is -0.493 e. The smallest absolute Gasteiger partial charge is 0.340 e. The third kappa shape index (κ3) is 4.09. The number of ether oxygens (including phenoxy) is 4. The third-order valence-corrected chi connectivity index (χ3v) is 8.50. The number of carboxylic acid groups (broad SMARTS) is 1. The zero-order chi connectivity index (χ0) is 28.3. The van der Waals surface area contributed by atoms with Crippen LogP contribution in [-0.4, -0.2) is 94.6 Å².